The summed E-state index contributed by atoms with van der Waals surface area (Å²) in [5, 5.41) is 64.5. The topological polar surface area (TPSA) is 182 Å². The zero-order chi connectivity index (χ0) is 10.7. The van der Waals surface area contributed by atoms with E-state index in [0.29, 0.717) is 0 Å². The van der Waals surface area contributed by atoms with Crippen molar-refractivity contribution in [3.05, 3.63) is 0 Å². The molecule has 0 aliphatic heterocycles. The van der Waals surface area contributed by atoms with Gasteiger partial charge in [-0.3, -0.25) is 0 Å². The van der Waals surface area contributed by atoms with Crippen LogP contribution in [0.2, 0.25) is 0 Å². The Morgan fingerprint density at radius 1 is 0.357 bits per heavy atom. The van der Waals surface area contributed by atoms with Crippen molar-refractivity contribution in [1.29, 1.82) is 0 Å². The first-order chi connectivity index (χ1) is 5.20. The summed E-state index contributed by atoms with van der Waals surface area (Å²) < 4.78 is 0. The minimum Gasteiger partial charge on any atom is -0.402 e. The van der Waals surface area contributed by atoms with Gasteiger partial charge in [0.15, 0.2) is 0 Å². The van der Waals surface area contributed by atoms with Gasteiger partial charge in [-0.25, -0.2) is 0 Å². The summed E-state index contributed by atoms with van der Waals surface area (Å²) in [4.78, 5) is 0. The maximum Gasteiger partial charge on any atom is 0.631 e. The average Bonchev–Trinajstić information content (AvgIpc) is 1.54. The monoisotopic (exact) mass is 314 g/mol. The molecule has 0 bridgehead atoms. The summed E-state index contributed by atoms with van der Waals surface area (Å²) in [5.74, 6) is 0. The van der Waals surface area contributed by atoms with Crippen LogP contribution in [-0.2, 0) is 39.0 Å². The van der Waals surface area contributed by atoms with Crippen LogP contribution in [0.1, 0.15) is 0 Å². The third-order valence-corrected chi connectivity index (χ3v) is 0. The fraction of sp³-hybridized carbons (Fsp3) is 0. The smallest absolute Gasteiger partial charge is 0.402 e. The SMILES string of the molecule is OB(O)O.OB(O)O.OB(O)O.[Zn].[Zn]. The molecule has 0 saturated carbocycles. The molecular formula is H9B3O9Zn2. The van der Waals surface area contributed by atoms with Gasteiger partial charge in [0, 0.05) is 39.0 Å². The van der Waals surface area contributed by atoms with Gasteiger partial charge in [-0.2, -0.15) is 0 Å². The molecule has 0 spiro atoms. The molecule has 0 aliphatic carbocycles. The molecule has 0 aromatic carbocycles. The first-order valence-electron chi connectivity index (χ1n) is 2.32. The zero-order valence-corrected chi connectivity index (χ0v) is 13.1. The molecule has 14 heteroatoms. The Kier molecular flexibility index (Phi) is 49.8. The molecule has 0 rings (SSSR count). The molecule has 9 nitrogen and oxygen atoms in total. The zero-order valence-electron chi connectivity index (χ0n) is 7.17. The fourth-order valence-corrected chi connectivity index (χ4v) is 0. The minimum absolute atomic E-state index is 0. The van der Waals surface area contributed by atoms with E-state index in [1.165, 1.54) is 0 Å². The Bertz CT molecular complexity index is 46.5. The number of hydrogen-bond donors (Lipinski definition) is 9. The minimum atomic E-state index is -2.17. The molecule has 0 aliphatic rings. The number of hydrogen-bond acceptors (Lipinski definition) is 9. The van der Waals surface area contributed by atoms with Gasteiger partial charge in [0.25, 0.3) is 0 Å². The molecule has 0 aromatic heterocycles. The van der Waals surface area contributed by atoms with Gasteiger partial charge in [-0.15, -0.1) is 0 Å². The third-order valence-electron chi connectivity index (χ3n) is 0. The van der Waals surface area contributed by atoms with Gasteiger partial charge < -0.3 is 45.2 Å². The summed E-state index contributed by atoms with van der Waals surface area (Å²) in [7, 11) is -6.50. The Morgan fingerprint density at radius 2 is 0.357 bits per heavy atom. The molecule has 0 unspecified atom stereocenters. The van der Waals surface area contributed by atoms with Crippen molar-refractivity contribution in [2.24, 2.45) is 0 Å². The van der Waals surface area contributed by atoms with Crippen molar-refractivity contribution in [2.45, 2.75) is 0 Å². The molecular weight excluding hydrogens is 307 g/mol. The van der Waals surface area contributed by atoms with Gasteiger partial charge in [-0.05, 0) is 0 Å². The van der Waals surface area contributed by atoms with E-state index in [-0.39, 0.29) is 39.0 Å². The Balaban J connectivity index is -0.0000000270. The van der Waals surface area contributed by atoms with E-state index in [9.17, 15) is 0 Å². The van der Waals surface area contributed by atoms with Crippen LogP contribution in [0.4, 0.5) is 0 Å². The van der Waals surface area contributed by atoms with Crippen molar-refractivity contribution < 1.29 is 84.2 Å². The maximum atomic E-state index is 7.17. The largest absolute Gasteiger partial charge is 0.631 e. The van der Waals surface area contributed by atoms with E-state index in [0.717, 1.165) is 0 Å². The summed E-state index contributed by atoms with van der Waals surface area (Å²) in [6.07, 6.45) is 0. The molecule has 9 N–H and O–H groups in total. The van der Waals surface area contributed by atoms with E-state index in [4.69, 9.17) is 45.2 Å². The van der Waals surface area contributed by atoms with Crippen LogP contribution in [0, 0.1) is 0 Å². The van der Waals surface area contributed by atoms with Crippen molar-refractivity contribution >= 4 is 22.0 Å². The second-order valence-electron chi connectivity index (χ2n) is 1.04. The van der Waals surface area contributed by atoms with Crippen molar-refractivity contribution in [2.75, 3.05) is 0 Å². The molecule has 0 atom stereocenters. The van der Waals surface area contributed by atoms with Gasteiger partial charge >= 0.3 is 22.0 Å². The second kappa shape index (κ2) is 23.7. The molecule has 0 aromatic rings. The van der Waals surface area contributed by atoms with Crippen LogP contribution in [0.25, 0.3) is 0 Å². The summed E-state index contributed by atoms with van der Waals surface area (Å²) >= 11 is 0. The van der Waals surface area contributed by atoms with Crippen molar-refractivity contribution in [3.8, 4) is 0 Å². The molecule has 14 heavy (non-hydrogen) atoms. The second-order valence-corrected chi connectivity index (χ2v) is 1.04. The van der Waals surface area contributed by atoms with Gasteiger partial charge in [-0.1, -0.05) is 0 Å². The van der Waals surface area contributed by atoms with Gasteiger partial charge in [0.1, 0.15) is 0 Å². The normalized spacial score (nSPS) is 5.79. The Labute approximate surface area is 106 Å². The van der Waals surface area contributed by atoms with Gasteiger partial charge in [0.05, 0.1) is 0 Å². The Morgan fingerprint density at radius 3 is 0.357 bits per heavy atom. The van der Waals surface area contributed by atoms with E-state index >= 15 is 0 Å². The maximum absolute atomic E-state index is 7.17. The summed E-state index contributed by atoms with van der Waals surface area (Å²) in [5.41, 5.74) is 0. The van der Waals surface area contributed by atoms with Crippen LogP contribution in [0.15, 0.2) is 0 Å². The molecule has 0 radical (unpaired) electrons. The van der Waals surface area contributed by atoms with E-state index in [1.807, 2.05) is 0 Å². The fourth-order valence-electron chi connectivity index (χ4n) is 0. The van der Waals surface area contributed by atoms with Crippen LogP contribution in [0.3, 0.4) is 0 Å². The van der Waals surface area contributed by atoms with Crippen LogP contribution < -0.4 is 0 Å². The standard InChI is InChI=1S/3BH3O3.2Zn/c3*2-1(3)4;;/h3*2-4H;;. The molecule has 0 amide bonds. The predicted octanol–water partition coefficient (Wildman–Crippen LogP) is -6.16. The predicted molar refractivity (Wildman–Crippen MR) is 37.2 cm³/mol. The Hall–Kier alpha value is 1.08. The van der Waals surface area contributed by atoms with E-state index in [1.54, 1.807) is 0 Å². The quantitative estimate of drug-likeness (QED) is 0.196. The van der Waals surface area contributed by atoms with E-state index in [2.05, 4.69) is 0 Å². The van der Waals surface area contributed by atoms with Crippen LogP contribution >= 0.6 is 0 Å². The molecule has 0 saturated heterocycles. The first kappa shape index (κ1) is 29.4. The van der Waals surface area contributed by atoms with E-state index < -0.39 is 22.0 Å². The van der Waals surface area contributed by atoms with Crippen molar-refractivity contribution in [1.82, 2.24) is 0 Å². The summed E-state index contributed by atoms with van der Waals surface area (Å²) in [6.45, 7) is 0. The van der Waals surface area contributed by atoms with Crippen LogP contribution in [0.5, 0.6) is 0 Å². The molecule has 76 valence electrons. The van der Waals surface area contributed by atoms with Crippen molar-refractivity contribution in [3.63, 3.8) is 0 Å². The van der Waals surface area contributed by atoms with Gasteiger partial charge in [0.2, 0.25) is 0 Å². The summed E-state index contributed by atoms with van der Waals surface area (Å²) in [6, 6.07) is 0. The molecule has 0 heterocycles. The first-order valence-corrected chi connectivity index (χ1v) is 2.32. The average molecular weight is 316 g/mol. The third kappa shape index (κ3) is 1630. The number of rotatable bonds is 0. The van der Waals surface area contributed by atoms with Crippen LogP contribution in [-0.4, -0.2) is 67.2 Å². The molecule has 0 fully saturated rings.